The largest absolute Gasteiger partial charge is 0.337 e. The zero-order valence-electron chi connectivity index (χ0n) is 20.9. The van der Waals surface area contributed by atoms with Crippen molar-refractivity contribution in [3.8, 4) is 5.69 Å². The second-order valence-corrected chi connectivity index (χ2v) is 9.51. The standard InChI is InChI=1S/C28H29F2N5O2/c1-20-23(19-31-35(20)21-8-4-3-5-9-21)27(37)34-13-12-28(29,30)24(22-10-6-7-11-25(22)34)18-26(36)33-16-14-32(2)15-17-33/h3-11,18-19H,12-17H2,1-2H3. The van der Waals surface area contributed by atoms with Crippen molar-refractivity contribution >= 4 is 23.1 Å². The molecule has 37 heavy (non-hydrogen) atoms. The number of fused-ring (bicyclic) bond motifs is 1. The van der Waals surface area contributed by atoms with Gasteiger partial charge in [-0.1, -0.05) is 36.4 Å². The molecule has 0 saturated carbocycles. The van der Waals surface area contributed by atoms with Crippen LogP contribution in [0.5, 0.6) is 0 Å². The number of piperazine rings is 1. The van der Waals surface area contributed by atoms with E-state index in [0.29, 0.717) is 43.1 Å². The number of para-hydroxylation sites is 2. The fraction of sp³-hybridized carbons (Fsp3) is 0.321. The summed E-state index contributed by atoms with van der Waals surface area (Å²) in [7, 11) is 1.97. The maximum atomic E-state index is 15.5. The van der Waals surface area contributed by atoms with Crippen LogP contribution in [-0.2, 0) is 4.79 Å². The molecule has 192 valence electrons. The van der Waals surface area contributed by atoms with Gasteiger partial charge in [0.25, 0.3) is 11.8 Å². The van der Waals surface area contributed by atoms with Crippen molar-refractivity contribution in [1.29, 1.82) is 0 Å². The molecule has 7 nitrogen and oxygen atoms in total. The Morgan fingerprint density at radius 3 is 2.35 bits per heavy atom. The number of anilines is 1. The van der Waals surface area contributed by atoms with Crippen molar-refractivity contribution in [2.75, 3.05) is 44.7 Å². The molecule has 0 radical (unpaired) electrons. The number of aromatic nitrogens is 2. The summed E-state index contributed by atoms with van der Waals surface area (Å²) in [5.41, 5.74) is 1.95. The lowest BCUT2D eigenvalue weighted by Crippen LogP contribution is -2.46. The van der Waals surface area contributed by atoms with E-state index >= 15 is 8.78 Å². The highest BCUT2D eigenvalue weighted by Gasteiger charge is 2.42. The summed E-state index contributed by atoms with van der Waals surface area (Å²) >= 11 is 0. The van der Waals surface area contributed by atoms with E-state index in [-0.39, 0.29) is 17.7 Å². The summed E-state index contributed by atoms with van der Waals surface area (Å²) < 4.78 is 32.7. The zero-order valence-corrected chi connectivity index (χ0v) is 20.9. The number of alkyl halides is 2. The van der Waals surface area contributed by atoms with Crippen LogP contribution in [0.4, 0.5) is 14.5 Å². The van der Waals surface area contributed by atoms with Crippen molar-refractivity contribution in [2.45, 2.75) is 19.3 Å². The average molecular weight is 506 g/mol. The summed E-state index contributed by atoms with van der Waals surface area (Å²) in [5, 5.41) is 4.38. The van der Waals surface area contributed by atoms with Gasteiger partial charge in [0.15, 0.2) is 0 Å². The molecule has 9 heteroatoms. The lowest BCUT2D eigenvalue weighted by molar-refractivity contribution is -0.127. The van der Waals surface area contributed by atoms with E-state index in [1.807, 2.05) is 37.4 Å². The van der Waals surface area contributed by atoms with E-state index in [4.69, 9.17) is 0 Å². The number of allylic oxidation sites excluding steroid dienone is 1. The van der Waals surface area contributed by atoms with Gasteiger partial charge in [-0.25, -0.2) is 13.5 Å². The highest BCUT2D eigenvalue weighted by atomic mass is 19.3. The van der Waals surface area contributed by atoms with Gasteiger partial charge in [0.2, 0.25) is 5.91 Å². The molecule has 1 fully saturated rings. The molecule has 1 aromatic heterocycles. The molecule has 2 aromatic carbocycles. The summed E-state index contributed by atoms with van der Waals surface area (Å²) in [6, 6.07) is 16.0. The van der Waals surface area contributed by atoms with Crippen LogP contribution in [-0.4, -0.2) is 77.1 Å². The van der Waals surface area contributed by atoms with Gasteiger partial charge in [-0.05, 0) is 32.2 Å². The topological polar surface area (TPSA) is 61.7 Å². The number of carbonyl (C=O) groups is 2. The van der Waals surface area contributed by atoms with Gasteiger partial charge in [0.1, 0.15) is 0 Å². The SMILES string of the molecule is Cc1c(C(=O)N2CCC(F)(F)C(=CC(=O)N3CCN(C)CC3)c3ccccc32)cnn1-c1ccccc1. The molecule has 3 heterocycles. The molecular weight excluding hydrogens is 476 g/mol. The molecule has 0 N–H and O–H groups in total. The van der Waals surface area contributed by atoms with Gasteiger partial charge in [0, 0.05) is 56.4 Å². The Bertz CT molecular complexity index is 1340. The first-order chi connectivity index (χ1) is 17.8. The predicted molar refractivity (Wildman–Crippen MR) is 138 cm³/mol. The van der Waals surface area contributed by atoms with Gasteiger partial charge in [0.05, 0.1) is 28.8 Å². The van der Waals surface area contributed by atoms with Gasteiger partial charge in [-0.15, -0.1) is 0 Å². The zero-order chi connectivity index (χ0) is 26.2. The average Bonchev–Trinajstić information content (AvgIpc) is 3.24. The van der Waals surface area contributed by atoms with Crippen LogP contribution in [0, 0.1) is 6.92 Å². The number of hydrogen-bond donors (Lipinski definition) is 0. The van der Waals surface area contributed by atoms with Gasteiger partial charge in [-0.3, -0.25) is 9.59 Å². The third kappa shape index (κ3) is 4.79. The predicted octanol–water partition coefficient (Wildman–Crippen LogP) is 4.02. The molecule has 5 rings (SSSR count). The second-order valence-electron chi connectivity index (χ2n) is 9.51. The number of hydrogen-bond acceptors (Lipinski definition) is 4. The fourth-order valence-electron chi connectivity index (χ4n) is 4.87. The quantitative estimate of drug-likeness (QED) is 0.505. The van der Waals surface area contributed by atoms with Crippen LogP contribution >= 0.6 is 0 Å². The monoisotopic (exact) mass is 505 g/mol. The van der Waals surface area contributed by atoms with Crippen LogP contribution in [0.1, 0.15) is 28.0 Å². The molecule has 0 unspecified atom stereocenters. The third-order valence-corrected chi connectivity index (χ3v) is 7.10. The summed E-state index contributed by atoms with van der Waals surface area (Å²) in [4.78, 5) is 31.8. The second kappa shape index (κ2) is 9.89. The molecule has 3 aromatic rings. The van der Waals surface area contributed by atoms with Crippen molar-refractivity contribution in [2.24, 2.45) is 0 Å². The third-order valence-electron chi connectivity index (χ3n) is 7.10. The summed E-state index contributed by atoms with van der Waals surface area (Å²) in [5.74, 6) is -4.12. The number of carbonyl (C=O) groups excluding carboxylic acids is 2. The van der Waals surface area contributed by atoms with Crippen molar-refractivity contribution < 1.29 is 18.4 Å². The Morgan fingerprint density at radius 2 is 1.62 bits per heavy atom. The maximum absolute atomic E-state index is 15.5. The lowest BCUT2D eigenvalue weighted by Gasteiger charge is -2.32. The molecule has 1 saturated heterocycles. The summed E-state index contributed by atoms with van der Waals surface area (Å²) in [6.45, 7) is 3.95. The molecular formula is C28H29F2N5O2. The van der Waals surface area contributed by atoms with Crippen LogP contribution in [0.15, 0.2) is 66.9 Å². The van der Waals surface area contributed by atoms with Crippen molar-refractivity contribution in [3.63, 3.8) is 0 Å². The Kier molecular flexibility index (Phi) is 6.64. The number of likely N-dealkylation sites (N-methyl/N-ethyl adjacent to an activating group) is 1. The molecule has 2 aliphatic heterocycles. The van der Waals surface area contributed by atoms with Crippen LogP contribution in [0.2, 0.25) is 0 Å². The number of benzene rings is 2. The Hall–Kier alpha value is -3.85. The van der Waals surface area contributed by atoms with Gasteiger partial charge >= 0.3 is 0 Å². The number of halogens is 2. The molecule has 0 bridgehead atoms. The minimum Gasteiger partial charge on any atom is -0.337 e. The maximum Gasteiger partial charge on any atom is 0.275 e. The van der Waals surface area contributed by atoms with E-state index in [2.05, 4.69) is 10.00 Å². The Balaban J connectivity index is 1.51. The first kappa shape index (κ1) is 24.8. The molecule has 0 aliphatic carbocycles. The van der Waals surface area contributed by atoms with Crippen LogP contribution < -0.4 is 4.90 Å². The first-order valence-electron chi connectivity index (χ1n) is 12.3. The van der Waals surface area contributed by atoms with E-state index in [9.17, 15) is 9.59 Å². The molecule has 2 aliphatic rings. The highest BCUT2D eigenvalue weighted by Crippen LogP contribution is 2.43. The van der Waals surface area contributed by atoms with Gasteiger partial charge < -0.3 is 14.7 Å². The van der Waals surface area contributed by atoms with E-state index < -0.39 is 24.2 Å². The highest BCUT2D eigenvalue weighted by molar-refractivity contribution is 6.09. The summed E-state index contributed by atoms with van der Waals surface area (Å²) in [6.07, 6.45) is 1.95. The number of nitrogens with zero attached hydrogens (tertiary/aromatic N) is 5. The van der Waals surface area contributed by atoms with E-state index in [1.54, 1.807) is 40.8 Å². The van der Waals surface area contributed by atoms with Gasteiger partial charge in [-0.2, -0.15) is 5.10 Å². The van der Waals surface area contributed by atoms with E-state index in [0.717, 1.165) is 11.8 Å². The number of rotatable bonds is 3. The normalized spacial score (nSPS) is 19.0. The molecule has 0 atom stereocenters. The van der Waals surface area contributed by atoms with Crippen LogP contribution in [0.25, 0.3) is 11.3 Å². The number of amides is 2. The first-order valence-corrected chi connectivity index (χ1v) is 12.3. The van der Waals surface area contributed by atoms with E-state index in [1.165, 1.54) is 11.1 Å². The Labute approximate surface area is 214 Å². The Morgan fingerprint density at radius 1 is 0.946 bits per heavy atom. The van der Waals surface area contributed by atoms with Crippen molar-refractivity contribution in [3.05, 3.63) is 83.7 Å². The molecule has 2 amide bonds. The minimum atomic E-state index is -3.28. The fourth-order valence-corrected chi connectivity index (χ4v) is 4.87. The minimum absolute atomic E-state index is 0.189. The van der Waals surface area contributed by atoms with Crippen LogP contribution in [0.3, 0.4) is 0 Å². The van der Waals surface area contributed by atoms with Crippen molar-refractivity contribution in [1.82, 2.24) is 19.6 Å². The smallest absolute Gasteiger partial charge is 0.275 e. The lowest BCUT2D eigenvalue weighted by atomic mass is 9.96. The molecule has 0 spiro atoms.